The lowest BCUT2D eigenvalue weighted by molar-refractivity contribution is -0.140. The third-order valence-electron chi connectivity index (χ3n) is 6.57. The highest BCUT2D eigenvalue weighted by Gasteiger charge is 2.31. The first-order valence-corrected chi connectivity index (χ1v) is 11.6. The van der Waals surface area contributed by atoms with Crippen molar-refractivity contribution in [2.24, 2.45) is 5.73 Å². The highest BCUT2D eigenvalue weighted by Crippen LogP contribution is 2.34. The maximum atomic E-state index is 13.6. The summed E-state index contributed by atoms with van der Waals surface area (Å²) in [7, 11) is 0. The number of alkyl halides is 3. The van der Waals surface area contributed by atoms with Crippen molar-refractivity contribution in [3.63, 3.8) is 0 Å². The number of fused-ring (bicyclic) bond motifs is 3. The number of nitrogens with two attached hydrogens (primary N) is 1. The number of carbonyl (C=O) groups excluding carboxylic acids is 1. The Balaban J connectivity index is 1.79. The lowest BCUT2D eigenvalue weighted by Crippen LogP contribution is -2.29. The van der Waals surface area contributed by atoms with Gasteiger partial charge in [-0.25, -0.2) is 4.68 Å². The first-order valence-electron chi connectivity index (χ1n) is 11.6. The lowest BCUT2D eigenvalue weighted by atomic mass is 9.95. The molecule has 2 atom stereocenters. The van der Waals surface area contributed by atoms with E-state index in [1.54, 1.807) is 35.9 Å². The van der Waals surface area contributed by atoms with Crippen molar-refractivity contribution < 1.29 is 22.7 Å². The van der Waals surface area contributed by atoms with Crippen molar-refractivity contribution in [1.82, 2.24) is 19.3 Å². The molecular weight excluding hydrogens is 475 g/mol. The number of primary amides is 1. The average Bonchev–Trinajstić information content (AvgIpc) is 3.31. The van der Waals surface area contributed by atoms with Crippen molar-refractivity contribution in [1.29, 1.82) is 0 Å². The third kappa shape index (κ3) is 4.23. The zero-order valence-corrected chi connectivity index (χ0v) is 19.5. The van der Waals surface area contributed by atoms with Crippen LogP contribution in [0.25, 0.3) is 32.9 Å². The van der Waals surface area contributed by atoms with Crippen LogP contribution in [0.5, 0.6) is 0 Å². The molecule has 0 aliphatic carbocycles. The maximum absolute atomic E-state index is 13.6. The number of hydrogen-bond acceptors (Lipinski definition) is 5. The molecule has 1 amide bonds. The van der Waals surface area contributed by atoms with Gasteiger partial charge < -0.3 is 10.5 Å². The normalized spacial score (nSPS) is 17.5. The van der Waals surface area contributed by atoms with Crippen LogP contribution in [0, 0.1) is 0 Å². The van der Waals surface area contributed by atoms with E-state index in [2.05, 4.69) is 10.1 Å². The molecule has 188 valence electrons. The topological polar surface area (TPSA) is 105 Å². The van der Waals surface area contributed by atoms with Gasteiger partial charge >= 0.3 is 6.18 Å². The molecule has 0 radical (unpaired) electrons. The molecule has 1 aromatic carbocycles. The number of rotatable bonds is 5. The molecule has 2 N–H and O–H groups in total. The molecule has 3 aromatic heterocycles. The van der Waals surface area contributed by atoms with Gasteiger partial charge in [0, 0.05) is 23.8 Å². The fourth-order valence-electron chi connectivity index (χ4n) is 4.78. The second-order valence-electron chi connectivity index (χ2n) is 8.97. The smallest absolute Gasteiger partial charge is 0.369 e. The summed E-state index contributed by atoms with van der Waals surface area (Å²) in [5.41, 5.74) is 6.68. The van der Waals surface area contributed by atoms with Crippen molar-refractivity contribution in [2.75, 3.05) is 6.61 Å². The number of hydrogen-bond donors (Lipinski definition) is 1. The van der Waals surface area contributed by atoms with E-state index in [0.717, 1.165) is 17.4 Å². The average molecular weight is 499 g/mol. The van der Waals surface area contributed by atoms with E-state index in [4.69, 9.17) is 10.5 Å². The minimum Gasteiger partial charge on any atom is -0.369 e. The van der Waals surface area contributed by atoms with E-state index >= 15 is 0 Å². The van der Waals surface area contributed by atoms with Crippen LogP contribution in [-0.2, 0) is 16.1 Å². The molecule has 0 saturated carbocycles. The van der Waals surface area contributed by atoms with Gasteiger partial charge in [-0.3, -0.25) is 19.1 Å². The summed E-state index contributed by atoms with van der Waals surface area (Å²) in [6.45, 7) is 0.701. The molecule has 2 unspecified atom stereocenters. The summed E-state index contributed by atoms with van der Waals surface area (Å²) < 4.78 is 48.9. The zero-order chi connectivity index (χ0) is 25.6. The first kappa shape index (κ1) is 24.0. The van der Waals surface area contributed by atoms with E-state index < -0.39 is 36.3 Å². The summed E-state index contributed by atoms with van der Waals surface area (Å²) in [6, 6.07) is 8.31. The summed E-state index contributed by atoms with van der Waals surface area (Å²) in [5.74, 6) is -1.30. The molecule has 11 heteroatoms. The van der Waals surface area contributed by atoms with Gasteiger partial charge in [0.2, 0.25) is 5.91 Å². The molecule has 36 heavy (non-hydrogen) atoms. The third-order valence-corrected chi connectivity index (χ3v) is 6.57. The van der Waals surface area contributed by atoms with Gasteiger partial charge in [-0.05, 0) is 43.9 Å². The fourth-order valence-corrected chi connectivity index (χ4v) is 4.78. The van der Waals surface area contributed by atoms with Gasteiger partial charge in [-0.2, -0.15) is 18.3 Å². The Morgan fingerprint density at radius 1 is 1.25 bits per heavy atom. The van der Waals surface area contributed by atoms with Crippen LogP contribution in [-0.4, -0.2) is 38.0 Å². The molecular formula is C25H24F3N5O3. The van der Waals surface area contributed by atoms with Crippen molar-refractivity contribution >= 4 is 27.7 Å². The Kier molecular flexibility index (Phi) is 6.03. The van der Waals surface area contributed by atoms with Crippen LogP contribution in [0.2, 0.25) is 0 Å². The first-order chi connectivity index (χ1) is 17.2. The van der Waals surface area contributed by atoms with Gasteiger partial charge in [-0.1, -0.05) is 18.2 Å². The molecule has 1 fully saturated rings. The standard InChI is InChI=1S/C25H24F3N5O3/c1-14(23(29)34)21-16(5-4-9-30-21)15-7-8-17-19(11-15)32(13-25(26,27)28)24(35)18-12-31-33(22(17)18)20-6-2-3-10-36-20/h4-5,7-9,11-12,14,20H,2-3,6,10,13H2,1H3,(H2,29,34). The van der Waals surface area contributed by atoms with E-state index in [-0.39, 0.29) is 10.9 Å². The number of pyridine rings is 2. The second-order valence-corrected chi connectivity index (χ2v) is 8.97. The van der Waals surface area contributed by atoms with Gasteiger partial charge in [0.1, 0.15) is 6.54 Å². The molecule has 4 heterocycles. The van der Waals surface area contributed by atoms with Crippen molar-refractivity contribution in [3.8, 4) is 11.1 Å². The van der Waals surface area contributed by atoms with Crippen LogP contribution >= 0.6 is 0 Å². The molecule has 8 nitrogen and oxygen atoms in total. The maximum Gasteiger partial charge on any atom is 0.406 e. The largest absolute Gasteiger partial charge is 0.406 e. The molecule has 0 spiro atoms. The summed E-state index contributed by atoms with van der Waals surface area (Å²) in [6.07, 6.45) is 0.318. The second kappa shape index (κ2) is 9.05. The van der Waals surface area contributed by atoms with Crippen LogP contribution in [0.3, 0.4) is 0 Å². The van der Waals surface area contributed by atoms with Crippen LogP contribution < -0.4 is 11.3 Å². The van der Waals surface area contributed by atoms with Gasteiger partial charge in [0.25, 0.3) is 5.56 Å². The number of halogens is 3. The Morgan fingerprint density at radius 3 is 2.75 bits per heavy atom. The number of ether oxygens (including phenoxy) is 1. The van der Waals surface area contributed by atoms with E-state index in [9.17, 15) is 22.8 Å². The Labute approximate surface area is 203 Å². The molecule has 1 saturated heterocycles. The monoisotopic (exact) mass is 499 g/mol. The number of amides is 1. The summed E-state index contributed by atoms with van der Waals surface area (Å²) in [4.78, 5) is 29.5. The molecule has 0 bridgehead atoms. The molecule has 4 aromatic rings. The zero-order valence-electron chi connectivity index (χ0n) is 19.5. The SMILES string of the molecule is CC(C(N)=O)c1ncccc1-c1ccc2c3c(cnn3C3CCCCO3)c(=O)n(CC(F)(F)F)c2c1. The highest BCUT2D eigenvalue weighted by atomic mass is 19.4. The fraction of sp³-hybridized carbons (Fsp3) is 0.360. The van der Waals surface area contributed by atoms with E-state index in [1.807, 2.05) is 0 Å². The van der Waals surface area contributed by atoms with Crippen LogP contribution in [0.4, 0.5) is 13.2 Å². The Morgan fingerprint density at radius 2 is 2.06 bits per heavy atom. The molecule has 5 rings (SSSR count). The van der Waals surface area contributed by atoms with Gasteiger partial charge in [-0.15, -0.1) is 0 Å². The van der Waals surface area contributed by atoms with Crippen molar-refractivity contribution in [2.45, 2.75) is 51.1 Å². The predicted octanol–water partition coefficient (Wildman–Crippen LogP) is 4.26. The van der Waals surface area contributed by atoms with E-state index in [1.165, 1.54) is 18.5 Å². The summed E-state index contributed by atoms with van der Waals surface area (Å²) in [5, 5.41) is 4.88. The number of nitrogens with zero attached hydrogens (tertiary/aromatic N) is 4. The highest BCUT2D eigenvalue weighted by molar-refractivity contribution is 6.04. The van der Waals surface area contributed by atoms with Crippen molar-refractivity contribution in [3.05, 3.63) is 58.8 Å². The van der Waals surface area contributed by atoms with Crippen LogP contribution in [0.1, 0.15) is 44.0 Å². The Bertz CT molecular complexity index is 1520. The predicted molar refractivity (Wildman–Crippen MR) is 127 cm³/mol. The lowest BCUT2D eigenvalue weighted by Gasteiger charge is -2.24. The minimum atomic E-state index is -4.62. The molecule has 1 aliphatic rings. The van der Waals surface area contributed by atoms with Gasteiger partial charge in [0.05, 0.1) is 34.2 Å². The number of benzene rings is 1. The Hall–Kier alpha value is -3.73. The molecule has 1 aliphatic heterocycles. The minimum absolute atomic E-state index is 0.0955. The van der Waals surface area contributed by atoms with Crippen LogP contribution in [0.15, 0.2) is 47.5 Å². The summed E-state index contributed by atoms with van der Waals surface area (Å²) >= 11 is 0. The van der Waals surface area contributed by atoms with E-state index in [0.29, 0.717) is 40.8 Å². The quantitative estimate of drug-likeness (QED) is 0.442. The number of carbonyl (C=O) groups is 1. The number of aromatic nitrogens is 4. The van der Waals surface area contributed by atoms with Gasteiger partial charge in [0.15, 0.2) is 6.23 Å².